The summed E-state index contributed by atoms with van der Waals surface area (Å²) >= 11 is 0. The number of carbonyl (C=O) groups is 3. The molecule has 0 heterocycles. The van der Waals surface area contributed by atoms with E-state index in [1.165, 1.54) is 250 Å². The highest BCUT2D eigenvalue weighted by Gasteiger charge is 2.19. The van der Waals surface area contributed by atoms with Gasteiger partial charge in [-0.1, -0.05) is 324 Å². The second-order valence-corrected chi connectivity index (χ2v) is 22.5. The number of carbonyl (C=O) groups excluding carboxylic acids is 3. The standard InChI is InChI=1S/C64H124O6/c1-6-9-10-11-12-13-14-15-16-17-24-29-34-39-44-49-54-62(65)68-57-61(70-64(67)56-51-46-41-36-31-26-21-19-23-28-33-38-43-48-53-60(5)8-3)58-69-63(66)55-50-45-40-35-30-25-20-18-22-27-32-37-42-47-52-59(4)7-2/h59-61H,6-58H2,1-5H3/t59?,60?,61-/m0/s1. The zero-order valence-electron chi connectivity index (χ0n) is 48.2. The molecule has 0 aliphatic rings. The van der Waals surface area contributed by atoms with Crippen LogP contribution in [-0.2, 0) is 28.6 Å². The minimum absolute atomic E-state index is 0.0619. The lowest BCUT2D eigenvalue weighted by atomic mass is 9.99. The quantitative estimate of drug-likeness (QED) is 0.0343. The number of hydrogen-bond donors (Lipinski definition) is 0. The summed E-state index contributed by atoms with van der Waals surface area (Å²) in [6, 6.07) is 0. The number of ether oxygens (including phenoxy) is 3. The van der Waals surface area contributed by atoms with Crippen molar-refractivity contribution in [2.24, 2.45) is 11.8 Å². The normalized spacial score (nSPS) is 12.8. The molecule has 0 aromatic rings. The summed E-state index contributed by atoms with van der Waals surface area (Å²) in [5.74, 6) is 0.959. The van der Waals surface area contributed by atoms with Gasteiger partial charge in [-0.15, -0.1) is 0 Å². The Morgan fingerprint density at radius 1 is 0.286 bits per heavy atom. The Kier molecular flexibility index (Phi) is 55.4. The summed E-state index contributed by atoms with van der Waals surface area (Å²) in [7, 11) is 0. The molecule has 0 spiro atoms. The van der Waals surface area contributed by atoms with Crippen molar-refractivity contribution in [1.29, 1.82) is 0 Å². The van der Waals surface area contributed by atoms with Gasteiger partial charge in [-0.2, -0.15) is 0 Å². The molecule has 0 radical (unpaired) electrons. The molecule has 0 rings (SSSR count). The van der Waals surface area contributed by atoms with Crippen LogP contribution in [0.1, 0.15) is 362 Å². The molecule has 3 atom stereocenters. The van der Waals surface area contributed by atoms with E-state index in [2.05, 4.69) is 34.6 Å². The molecule has 6 nitrogen and oxygen atoms in total. The van der Waals surface area contributed by atoms with Crippen molar-refractivity contribution >= 4 is 17.9 Å². The third-order valence-electron chi connectivity index (χ3n) is 15.4. The van der Waals surface area contributed by atoms with Gasteiger partial charge in [0, 0.05) is 19.3 Å². The Balaban J connectivity index is 4.30. The Morgan fingerprint density at radius 3 is 0.743 bits per heavy atom. The lowest BCUT2D eigenvalue weighted by Crippen LogP contribution is -2.30. The molecule has 0 aliphatic carbocycles. The highest BCUT2D eigenvalue weighted by atomic mass is 16.6. The maximum Gasteiger partial charge on any atom is 0.306 e. The van der Waals surface area contributed by atoms with Gasteiger partial charge in [-0.3, -0.25) is 14.4 Å². The maximum absolute atomic E-state index is 12.9. The fourth-order valence-corrected chi connectivity index (χ4v) is 9.87. The molecule has 0 fully saturated rings. The summed E-state index contributed by atoms with van der Waals surface area (Å²) in [5, 5.41) is 0. The molecule has 0 amide bonds. The van der Waals surface area contributed by atoms with E-state index in [9.17, 15) is 14.4 Å². The van der Waals surface area contributed by atoms with Crippen LogP contribution in [0, 0.1) is 11.8 Å². The molecule has 2 unspecified atom stereocenters. The molecule has 0 aromatic heterocycles. The van der Waals surface area contributed by atoms with Crippen molar-refractivity contribution in [1.82, 2.24) is 0 Å². The number of esters is 3. The average Bonchev–Trinajstić information content (AvgIpc) is 3.36. The van der Waals surface area contributed by atoms with Crippen molar-refractivity contribution in [3.8, 4) is 0 Å². The van der Waals surface area contributed by atoms with E-state index in [4.69, 9.17) is 14.2 Å². The first-order valence-electron chi connectivity index (χ1n) is 31.8. The van der Waals surface area contributed by atoms with Crippen LogP contribution in [0.15, 0.2) is 0 Å². The van der Waals surface area contributed by atoms with E-state index < -0.39 is 6.10 Å². The van der Waals surface area contributed by atoms with Crippen LogP contribution >= 0.6 is 0 Å². The molecule has 0 saturated carbocycles. The van der Waals surface area contributed by atoms with E-state index >= 15 is 0 Å². The third kappa shape index (κ3) is 54.2. The molecule has 0 aromatic carbocycles. The van der Waals surface area contributed by atoms with E-state index in [1.807, 2.05) is 0 Å². The van der Waals surface area contributed by atoms with Crippen LogP contribution in [0.2, 0.25) is 0 Å². The van der Waals surface area contributed by atoms with Gasteiger partial charge in [0.05, 0.1) is 0 Å². The van der Waals surface area contributed by atoms with Gasteiger partial charge in [0.2, 0.25) is 0 Å². The molecule has 0 N–H and O–H groups in total. The van der Waals surface area contributed by atoms with Crippen molar-refractivity contribution in [2.75, 3.05) is 13.2 Å². The van der Waals surface area contributed by atoms with E-state index in [-0.39, 0.29) is 31.1 Å². The van der Waals surface area contributed by atoms with E-state index in [0.717, 1.165) is 69.6 Å². The van der Waals surface area contributed by atoms with Crippen molar-refractivity contribution < 1.29 is 28.6 Å². The number of rotatable bonds is 58. The summed E-state index contributed by atoms with van der Waals surface area (Å²) in [6.45, 7) is 11.5. The predicted octanol–water partition coefficient (Wildman–Crippen LogP) is 21.2. The van der Waals surface area contributed by atoms with Gasteiger partial charge >= 0.3 is 17.9 Å². The molecule has 6 heteroatoms. The van der Waals surface area contributed by atoms with Gasteiger partial charge in [0.15, 0.2) is 6.10 Å². The Labute approximate surface area is 438 Å². The van der Waals surface area contributed by atoms with Crippen molar-refractivity contribution in [2.45, 2.75) is 368 Å². The predicted molar refractivity (Wildman–Crippen MR) is 303 cm³/mol. The first kappa shape index (κ1) is 68.4. The minimum atomic E-state index is -0.764. The number of hydrogen-bond acceptors (Lipinski definition) is 6. The Hall–Kier alpha value is -1.59. The third-order valence-corrected chi connectivity index (χ3v) is 15.4. The first-order chi connectivity index (χ1) is 34.3. The van der Waals surface area contributed by atoms with Crippen LogP contribution in [-0.4, -0.2) is 37.2 Å². The van der Waals surface area contributed by atoms with Crippen LogP contribution in [0.5, 0.6) is 0 Å². The SMILES string of the molecule is CCCCCCCCCCCCCCCCCCC(=O)OC[C@@H](COC(=O)CCCCCCCCCCCCCCCCC(C)CC)OC(=O)CCCCCCCCCCCCCCCCC(C)CC. The molecule has 0 aliphatic heterocycles. The monoisotopic (exact) mass is 989 g/mol. The lowest BCUT2D eigenvalue weighted by molar-refractivity contribution is -0.167. The second-order valence-electron chi connectivity index (χ2n) is 22.5. The van der Waals surface area contributed by atoms with Crippen LogP contribution < -0.4 is 0 Å². The minimum Gasteiger partial charge on any atom is -0.462 e. The number of unbranched alkanes of at least 4 members (excludes halogenated alkanes) is 41. The Morgan fingerprint density at radius 2 is 0.500 bits per heavy atom. The lowest BCUT2D eigenvalue weighted by Gasteiger charge is -2.18. The van der Waals surface area contributed by atoms with Gasteiger partial charge in [-0.25, -0.2) is 0 Å². The molecular formula is C64H124O6. The maximum atomic E-state index is 12.9. The van der Waals surface area contributed by atoms with Crippen LogP contribution in [0.4, 0.5) is 0 Å². The van der Waals surface area contributed by atoms with Crippen molar-refractivity contribution in [3.63, 3.8) is 0 Å². The zero-order chi connectivity index (χ0) is 51.1. The topological polar surface area (TPSA) is 78.9 Å². The molecule has 0 bridgehead atoms. The second kappa shape index (κ2) is 56.7. The summed E-state index contributed by atoms with van der Waals surface area (Å²) in [5.41, 5.74) is 0. The van der Waals surface area contributed by atoms with Gasteiger partial charge < -0.3 is 14.2 Å². The summed E-state index contributed by atoms with van der Waals surface area (Å²) < 4.78 is 17.0. The van der Waals surface area contributed by atoms with E-state index in [1.54, 1.807) is 0 Å². The molecule has 416 valence electrons. The van der Waals surface area contributed by atoms with Crippen molar-refractivity contribution in [3.05, 3.63) is 0 Å². The van der Waals surface area contributed by atoms with Gasteiger partial charge in [0.1, 0.15) is 13.2 Å². The smallest absolute Gasteiger partial charge is 0.306 e. The van der Waals surface area contributed by atoms with Gasteiger partial charge in [0.25, 0.3) is 0 Å². The van der Waals surface area contributed by atoms with Crippen LogP contribution in [0.3, 0.4) is 0 Å². The van der Waals surface area contributed by atoms with Gasteiger partial charge in [-0.05, 0) is 31.1 Å². The zero-order valence-corrected chi connectivity index (χ0v) is 48.2. The average molecular weight is 990 g/mol. The summed E-state index contributed by atoms with van der Waals surface area (Å²) in [4.78, 5) is 38.3. The first-order valence-corrected chi connectivity index (χ1v) is 31.8. The largest absolute Gasteiger partial charge is 0.462 e. The fraction of sp³-hybridized carbons (Fsp3) is 0.953. The fourth-order valence-electron chi connectivity index (χ4n) is 9.87. The molecular weight excluding hydrogens is 865 g/mol. The molecule has 0 saturated heterocycles. The highest BCUT2D eigenvalue weighted by molar-refractivity contribution is 5.71. The molecule has 70 heavy (non-hydrogen) atoms. The summed E-state index contributed by atoms with van der Waals surface area (Å²) in [6.07, 6.45) is 62.3. The van der Waals surface area contributed by atoms with E-state index in [0.29, 0.717) is 19.3 Å². The highest BCUT2D eigenvalue weighted by Crippen LogP contribution is 2.20. The Bertz CT molecular complexity index is 1080. The van der Waals surface area contributed by atoms with Crippen LogP contribution in [0.25, 0.3) is 0 Å².